The number of hydrogen-bond acceptors (Lipinski definition) is 1. The van der Waals surface area contributed by atoms with Crippen molar-refractivity contribution >= 4 is 6.08 Å². The summed E-state index contributed by atoms with van der Waals surface area (Å²) in [4.78, 5) is 0. The van der Waals surface area contributed by atoms with Gasteiger partial charge in [-0.15, -0.1) is 0 Å². The first-order valence-electron chi connectivity index (χ1n) is 4.70. The van der Waals surface area contributed by atoms with Crippen LogP contribution in [-0.4, -0.2) is 23.4 Å². The van der Waals surface area contributed by atoms with Crippen molar-refractivity contribution in [1.29, 1.82) is 0 Å². The second-order valence-corrected chi connectivity index (χ2v) is 3.47. The second-order valence-electron chi connectivity index (χ2n) is 3.47. The molecule has 0 fully saturated rings. The summed E-state index contributed by atoms with van der Waals surface area (Å²) in [6.07, 6.45) is -9.81. The number of allylic oxidation sites excluding steroid dienone is 1. The Morgan fingerprint density at radius 3 is 2.00 bits per heavy atom. The number of rotatable bonds is 3. The topological polar surface area (TPSA) is 20.2 Å². The molecule has 1 unspecified atom stereocenters. The lowest BCUT2D eigenvalue weighted by Crippen LogP contribution is -2.42. The van der Waals surface area contributed by atoms with Crippen molar-refractivity contribution in [2.24, 2.45) is 0 Å². The summed E-state index contributed by atoms with van der Waals surface area (Å²) >= 11 is 0. The molecule has 0 aliphatic carbocycles. The standard InChI is InChI=1S/C11H8F6O/c12-9(11(15,16)17)10(13,14)8(18)6-7-4-2-1-3-5-7/h1-6,9,18H. The van der Waals surface area contributed by atoms with Crippen LogP contribution in [0.1, 0.15) is 5.56 Å². The zero-order chi connectivity index (χ0) is 14.0. The van der Waals surface area contributed by atoms with E-state index in [1.807, 2.05) is 0 Å². The van der Waals surface area contributed by atoms with Crippen LogP contribution >= 0.6 is 0 Å². The molecule has 1 aromatic rings. The Balaban J connectivity index is 3.02. The van der Waals surface area contributed by atoms with Crippen LogP contribution in [-0.2, 0) is 0 Å². The van der Waals surface area contributed by atoms with Crippen molar-refractivity contribution in [2.45, 2.75) is 18.3 Å². The van der Waals surface area contributed by atoms with Gasteiger partial charge in [0, 0.05) is 0 Å². The Kier molecular flexibility index (Phi) is 3.93. The number of aliphatic hydroxyl groups excluding tert-OH is 1. The fourth-order valence-corrected chi connectivity index (χ4v) is 1.14. The summed E-state index contributed by atoms with van der Waals surface area (Å²) in [5.41, 5.74) is 0.0315. The molecule has 7 heteroatoms. The van der Waals surface area contributed by atoms with Gasteiger partial charge in [0.15, 0.2) is 5.76 Å². The van der Waals surface area contributed by atoms with E-state index in [-0.39, 0.29) is 5.56 Å². The molecule has 0 amide bonds. The fourth-order valence-electron chi connectivity index (χ4n) is 1.14. The third-order valence-electron chi connectivity index (χ3n) is 2.05. The van der Waals surface area contributed by atoms with Gasteiger partial charge in [-0.2, -0.15) is 22.0 Å². The molecule has 1 N–H and O–H groups in total. The summed E-state index contributed by atoms with van der Waals surface area (Å²) in [5.74, 6) is -6.99. The third-order valence-corrected chi connectivity index (χ3v) is 2.05. The van der Waals surface area contributed by atoms with Gasteiger partial charge in [-0.1, -0.05) is 30.3 Å². The zero-order valence-corrected chi connectivity index (χ0v) is 8.76. The van der Waals surface area contributed by atoms with Gasteiger partial charge in [-0.25, -0.2) is 4.39 Å². The number of alkyl halides is 6. The molecule has 0 saturated carbocycles. The van der Waals surface area contributed by atoms with Crippen molar-refractivity contribution in [1.82, 2.24) is 0 Å². The minimum absolute atomic E-state index is 0.0315. The Labute approximate surface area is 98.4 Å². The van der Waals surface area contributed by atoms with Crippen LogP contribution in [0.5, 0.6) is 0 Å². The van der Waals surface area contributed by atoms with E-state index in [4.69, 9.17) is 5.11 Å². The van der Waals surface area contributed by atoms with Crippen molar-refractivity contribution in [3.8, 4) is 0 Å². The zero-order valence-electron chi connectivity index (χ0n) is 8.76. The van der Waals surface area contributed by atoms with Gasteiger partial charge in [0.05, 0.1) is 0 Å². The van der Waals surface area contributed by atoms with Crippen LogP contribution in [0, 0.1) is 0 Å². The fraction of sp³-hybridized carbons (Fsp3) is 0.273. The Bertz CT molecular complexity index is 423. The van der Waals surface area contributed by atoms with Crippen molar-refractivity contribution in [3.63, 3.8) is 0 Å². The van der Waals surface area contributed by atoms with Crippen molar-refractivity contribution in [3.05, 3.63) is 41.7 Å². The highest BCUT2D eigenvalue weighted by Crippen LogP contribution is 2.39. The molecule has 1 rings (SSSR count). The average Bonchev–Trinajstić information content (AvgIpc) is 2.28. The SMILES string of the molecule is OC(=Cc1ccccc1)C(F)(F)C(F)C(F)(F)F. The molecule has 0 heterocycles. The van der Waals surface area contributed by atoms with Crippen molar-refractivity contribution in [2.75, 3.05) is 0 Å². The first-order valence-corrected chi connectivity index (χ1v) is 4.70. The average molecular weight is 270 g/mol. The highest BCUT2D eigenvalue weighted by atomic mass is 19.4. The summed E-state index contributed by atoms with van der Waals surface area (Å²) in [5, 5.41) is 8.94. The largest absolute Gasteiger partial charge is 0.506 e. The Morgan fingerprint density at radius 1 is 1.06 bits per heavy atom. The Morgan fingerprint density at radius 2 is 1.56 bits per heavy atom. The molecule has 1 aromatic carbocycles. The smallest absolute Gasteiger partial charge is 0.426 e. The molecule has 18 heavy (non-hydrogen) atoms. The summed E-state index contributed by atoms with van der Waals surface area (Å²) in [7, 11) is 0. The molecular formula is C11H8F6O. The lowest BCUT2D eigenvalue weighted by atomic mass is 10.1. The Hall–Kier alpha value is -1.66. The van der Waals surface area contributed by atoms with E-state index < -0.39 is 24.0 Å². The normalized spacial score (nSPS) is 15.6. The van der Waals surface area contributed by atoms with E-state index in [0.717, 1.165) is 0 Å². The summed E-state index contributed by atoms with van der Waals surface area (Å²) < 4.78 is 74.1. The highest BCUT2D eigenvalue weighted by Gasteiger charge is 2.59. The van der Waals surface area contributed by atoms with Gasteiger partial charge in [0.1, 0.15) is 0 Å². The quantitative estimate of drug-likeness (QED) is 0.647. The van der Waals surface area contributed by atoms with Crippen LogP contribution < -0.4 is 0 Å². The highest BCUT2D eigenvalue weighted by molar-refractivity contribution is 5.52. The molecule has 100 valence electrons. The van der Waals surface area contributed by atoms with Gasteiger partial charge < -0.3 is 5.11 Å². The predicted octanol–water partition coefficient (Wildman–Crippen LogP) is 4.12. The van der Waals surface area contributed by atoms with Crippen LogP contribution in [0.15, 0.2) is 36.1 Å². The van der Waals surface area contributed by atoms with Crippen LogP contribution in [0.3, 0.4) is 0 Å². The third kappa shape index (κ3) is 3.18. The number of benzene rings is 1. The first kappa shape index (κ1) is 14.4. The van der Waals surface area contributed by atoms with E-state index in [1.54, 1.807) is 6.07 Å². The van der Waals surface area contributed by atoms with Crippen molar-refractivity contribution < 1.29 is 31.4 Å². The molecule has 0 spiro atoms. The van der Waals surface area contributed by atoms with E-state index in [0.29, 0.717) is 6.08 Å². The maximum Gasteiger partial charge on any atom is 0.426 e. The van der Waals surface area contributed by atoms with E-state index in [1.165, 1.54) is 24.3 Å². The second kappa shape index (κ2) is 4.91. The molecule has 1 nitrogen and oxygen atoms in total. The van der Waals surface area contributed by atoms with Crippen LogP contribution in [0.2, 0.25) is 0 Å². The van der Waals surface area contributed by atoms with Crippen LogP contribution in [0.4, 0.5) is 26.3 Å². The van der Waals surface area contributed by atoms with E-state index >= 15 is 0 Å². The minimum Gasteiger partial charge on any atom is -0.506 e. The maximum atomic E-state index is 13.0. The molecule has 0 aromatic heterocycles. The number of hydrogen-bond donors (Lipinski definition) is 1. The molecular weight excluding hydrogens is 262 g/mol. The van der Waals surface area contributed by atoms with Gasteiger partial charge in [-0.05, 0) is 11.6 Å². The van der Waals surface area contributed by atoms with Gasteiger partial charge in [-0.3, -0.25) is 0 Å². The minimum atomic E-state index is -5.75. The van der Waals surface area contributed by atoms with Crippen LogP contribution in [0.25, 0.3) is 6.08 Å². The number of halogens is 6. The summed E-state index contributed by atoms with van der Waals surface area (Å²) in [6, 6.07) is 6.93. The first-order chi connectivity index (χ1) is 8.15. The molecule has 0 bridgehead atoms. The number of aliphatic hydroxyl groups is 1. The molecule has 0 aliphatic rings. The molecule has 0 saturated heterocycles. The van der Waals surface area contributed by atoms with Gasteiger partial charge >= 0.3 is 12.1 Å². The molecule has 0 radical (unpaired) electrons. The van der Waals surface area contributed by atoms with Gasteiger partial charge in [0.2, 0.25) is 0 Å². The lowest BCUT2D eigenvalue weighted by molar-refractivity contribution is -0.239. The monoisotopic (exact) mass is 270 g/mol. The van der Waals surface area contributed by atoms with E-state index in [9.17, 15) is 26.3 Å². The van der Waals surface area contributed by atoms with E-state index in [2.05, 4.69) is 0 Å². The predicted molar refractivity (Wildman–Crippen MR) is 52.9 cm³/mol. The maximum absolute atomic E-state index is 13.0. The molecule has 1 atom stereocenters. The molecule has 0 aliphatic heterocycles. The van der Waals surface area contributed by atoms with Gasteiger partial charge in [0.25, 0.3) is 6.17 Å². The lowest BCUT2D eigenvalue weighted by Gasteiger charge is -2.21. The summed E-state index contributed by atoms with van der Waals surface area (Å²) in [6.45, 7) is 0.